The first-order valence-corrected chi connectivity index (χ1v) is 7.33. The van der Waals surface area contributed by atoms with Gasteiger partial charge in [-0.05, 0) is 35.4 Å². The number of nitro benzene ring substituents is 2. The molecule has 2 aromatic rings. The summed E-state index contributed by atoms with van der Waals surface area (Å²) in [5.41, 5.74) is 0.681. The zero-order valence-corrected chi connectivity index (χ0v) is 13.6. The van der Waals surface area contributed by atoms with Crippen LogP contribution in [-0.2, 0) is 27.4 Å². The highest BCUT2D eigenvalue weighted by atomic mass is 16.8. The number of carbonyl (C=O) groups is 2. The average molecular weight is 376 g/mol. The van der Waals surface area contributed by atoms with E-state index in [9.17, 15) is 29.8 Å². The zero-order valence-electron chi connectivity index (χ0n) is 13.6. The highest BCUT2D eigenvalue weighted by Crippen LogP contribution is 2.14. The molecule has 0 saturated carbocycles. The second-order valence-electron chi connectivity index (χ2n) is 5.03. The van der Waals surface area contributed by atoms with Crippen LogP contribution in [0.1, 0.15) is 11.1 Å². The number of nitrogens with zero attached hydrogens (tertiary/aromatic N) is 2. The molecule has 11 nitrogen and oxygen atoms in total. The summed E-state index contributed by atoms with van der Waals surface area (Å²) in [4.78, 5) is 42.7. The fraction of sp³-hybridized carbons (Fsp3) is 0.125. The standard InChI is InChI=1S/C16H12N2O9/c19-15(25-9-11-1-5-13(6-2-11)17(21)22)27-16(20)26-10-12-3-7-14(8-4-12)18(23)24/h1-8H,9-10H2. The highest BCUT2D eigenvalue weighted by molar-refractivity contribution is 5.76. The summed E-state index contributed by atoms with van der Waals surface area (Å²) in [6.07, 6.45) is -2.61. The normalized spacial score (nSPS) is 9.93. The van der Waals surface area contributed by atoms with Crippen molar-refractivity contribution in [1.82, 2.24) is 0 Å². The molecule has 0 fully saturated rings. The van der Waals surface area contributed by atoms with E-state index >= 15 is 0 Å². The third kappa shape index (κ3) is 6.08. The molecule has 0 radical (unpaired) electrons. The summed E-state index contributed by atoms with van der Waals surface area (Å²) >= 11 is 0. The number of non-ortho nitro benzene ring substituents is 2. The monoisotopic (exact) mass is 376 g/mol. The van der Waals surface area contributed by atoms with Crippen molar-refractivity contribution in [2.24, 2.45) is 0 Å². The van der Waals surface area contributed by atoms with Crippen LogP contribution in [0, 0.1) is 20.2 Å². The van der Waals surface area contributed by atoms with Crippen LogP contribution in [0.3, 0.4) is 0 Å². The molecule has 0 aliphatic heterocycles. The Kier molecular flexibility index (Phi) is 6.36. The molecule has 0 atom stereocenters. The molecular weight excluding hydrogens is 364 g/mol. The molecule has 140 valence electrons. The molecule has 0 aromatic heterocycles. The number of hydrogen-bond donors (Lipinski definition) is 0. The number of ether oxygens (including phenoxy) is 3. The van der Waals surface area contributed by atoms with E-state index in [0.29, 0.717) is 11.1 Å². The van der Waals surface area contributed by atoms with Gasteiger partial charge in [-0.25, -0.2) is 9.59 Å². The SMILES string of the molecule is O=C(OCc1ccc([N+](=O)[O-])cc1)OC(=O)OCc1ccc([N+](=O)[O-])cc1. The Labute approximate surface area is 151 Å². The molecule has 27 heavy (non-hydrogen) atoms. The Morgan fingerprint density at radius 1 is 0.704 bits per heavy atom. The lowest BCUT2D eigenvalue weighted by Crippen LogP contribution is -2.15. The van der Waals surface area contributed by atoms with Gasteiger partial charge in [0.1, 0.15) is 13.2 Å². The molecule has 0 bridgehead atoms. The van der Waals surface area contributed by atoms with Gasteiger partial charge in [-0.3, -0.25) is 20.2 Å². The van der Waals surface area contributed by atoms with Gasteiger partial charge in [-0.1, -0.05) is 0 Å². The van der Waals surface area contributed by atoms with Crippen molar-refractivity contribution in [2.75, 3.05) is 0 Å². The highest BCUT2D eigenvalue weighted by Gasteiger charge is 2.14. The van der Waals surface area contributed by atoms with Crippen LogP contribution in [-0.4, -0.2) is 22.2 Å². The molecule has 0 unspecified atom stereocenters. The summed E-state index contributed by atoms with van der Waals surface area (Å²) in [5.74, 6) is 0. The number of carbonyl (C=O) groups excluding carboxylic acids is 2. The molecule has 2 rings (SSSR count). The van der Waals surface area contributed by atoms with E-state index in [1.165, 1.54) is 48.5 Å². The first-order valence-electron chi connectivity index (χ1n) is 7.33. The van der Waals surface area contributed by atoms with Crippen LogP contribution in [0.2, 0.25) is 0 Å². The maximum Gasteiger partial charge on any atom is 0.518 e. The van der Waals surface area contributed by atoms with E-state index in [2.05, 4.69) is 14.2 Å². The van der Waals surface area contributed by atoms with Gasteiger partial charge >= 0.3 is 12.3 Å². The van der Waals surface area contributed by atoms with Crippen LogP contribution in [0.25, 0.3) is 0 Å². The molecule has 0 aliphatic carbocycles. The molecule has 2 aromatic carbocycles. The maximum absolute atomic E-state index is 11.4. The second kappa shape index (κ2) is 8.89. The molecule has 0 heterocycles. The van der Waals surface area contributed by atoms with Gasteiger partial charge in [0.25, 0.3) is 11.4 Å². The number of nitro groups is 2. The van der Waals surface area contributed by atoms with Gasteiger partial charge in [0.05, 0.1) is 9.85 Å². The minimum Gasteiger partial charge on any atom is -0.429 e. The average Bonchev–Trinajstić information content (AvgIpc) is 2.65. The van der Waals surface area contributed by atoms with Crippen molar-refractivity contribution in [3.05, 3.63) is 79.9 Å². The van der Waals surface area contributed by atoms with E-state index in [0.717, 1.165) is 0 Å². The lowest BCUT2D eigenvalue weighted by molar-refractivity contribution is -0.385. The largest absolute Gasteiger partial charge is 0.518 e. The zero-order chi connectivity index (χ0) is 19.8. The first kappa shape index (κ1) is 19.3. The molecular formula is C16H12N2O9. The lowest BCUT2D eigenvalue weighted by atomic mass is 10.2. The molecule has 11 heteroatoms. The molecule has 0 N–H and O–H groups in total. The van der Waals surface area contributed by atoms with Crippen molar-refractivity contribution in [3.63, 3.8) is 0 Å². The van der Waals surface area contributed by atoms with Gasteiger partial charge in [0.2, 0.25) is 0 Å². The van der Waals surface area contributed by atoms with Crippen LogP contribution >= 0.6 is 0 Å². The fourth-order valence-electron chi connectivity index (χ4n) is 1.84. The quantitative estimate of drug-likeness (QED) is 0.319. The predicted molar refractivity (Wildman–Crippen MR) is 87.6 cm³/mol. The Morgan fingerprint density at radius 3 is 1.33 bits per heavy atom. The van der Waals surface area contributed by atoms with E-state index in [1.807, 2.05) is 0 Å². The van der Waals surface area contributed by atoms with E-state index in [-0.39, 0.29) is 24.6 Å². The third-order valence-corrected chi connectivity index (χ3v) is 3.17. The van der Waals surface area contributed by atoms with Crippen LogP contribution in [0.4, 0.5) is 21.0 Å². The van der Waals surface area contributed by atoms with Crippen molar-refractivity contribution in [3.8, 4) is 0 Å². The van der Waals surface area contributed by atoms with Crippen LogP contribution < -0.4 is 0 Å². The minimum absolute atomic E-state index is 0.115. The van der Waals surface area contributed by atoms with Crippen molar-refractivity contribution in [2.45, 2.75) is 13.2 Å². The van der Waals surface area contributed by atoms with Crippen molar-refractivity contribution in [1.29, 1.82) is 0 Å². The van der Waals surface area contributed by atoms with E-state index in [1.54, 1.807) is 0 Å². The Bertz CT molecular complexity index is 776. The lowest BCUT2D eigenvalue weighted by Gasteiger charge is -2.06. The van der Waals surface area contributed by atoms with Gasteiger partial charge in [-0.2, -0.15) is 0 Å². The fourth-order valence-corrected chi connectivity index (χ4v) is 1.84. The van der Waals surface area contributed by atoms with E-state index in [4.69, 9.17) is 0 Å². The third-order valence-electron chi connectivity index (χ3n) is 3.17. The van der Waals surface area contributed by atoms with Crippen LogP contribution in [0.15, 0.2) is 48.5 Å². The summed E-state index contributed by atoms with van der Waals surface area (Å²) in [6, 6.07) is 10.5. The first-order chi connectivity index (χ1) is 12.8. The second-order valence-corrected chi connectivity index (χ2v) is 5.03. The van der Waals surface area contributed by atoms with Gasteiger partial charge in [0.15, 0.2) is 0 Å². The Morgan fingerprint density at radius 2 is 1.04 bits per heavy atom. The predicted octanol–water partition coefficient (Wildman–Crippen LogP) is 3.49. The Hall–Kier alpha value is -4.02. The van der Waals surface area contributed by atoms with Crippen molar-refractivity contribution >= 4 is 23.7 Å². The molecule has 0 spiro atoms. The number of benzene rings is 2. The molecule has 0 amide bonds. The van der Waals surface area contributed by atoms with Crippen LogP contribution in [0.5, 0.6) is 0 Å². The molecule has 0 aliphatic rings. The summed E-state index contributed by atoms with van der Waals surface area (Å²) < 4.78 is 13.7. The molecule has 0 saturated heterocycles. The van der Waals surface area contributed by atoms with Gasteiger partial charge < -0.3 is 14.2 Å². The minimum atomic E-state index is -1.30. The summed E-state index contributed by atoms with van der Waals surface area (Å²) in [6.45, 7) is -0.515. The number of rotatable bonds is 6. The number of hydrogen-bond acceptors (Lipinski definition) is 9. The maximum atomic E-state index is 11.4. The Balaban J connectivity index is 1.74. The topological polar surface area (TPSA) is 148 Å². The van der Waals surface area contributed by atoms with E-state index < -0.39 is 22.2 Å². The van der Waals surface area contributed by atoms with Crippen molar-refractivity contribution < 1.29 is 33.6 Å². The van der Waals surface area contributed by atoms with Gasteiger partial charge in [0, 0.05) is 24.3 Å². The summed E-state index contributed by atoms with van der Waals surface area (Å²) in [5, 5.41) is 21.1. The summed E-state index contributed by atoms with van der Waals surface area (Å²) in [7, 11) is 0. The van der Waals surface area contributed by atoms with Gasteiger partial charge in [-0.15, -0.1) is 0 Å². The smallest absolute Gasteiger partial charge is 0.429 e.